The molecular formula is C11H21N3O2. The van der Waals surface area contributed by atoms with Crippen LogP contribution < -0.4 is 10.6 Å². The molecule has 1 saturated heterocycles. The molecule has 1 unspecified atom stereocenters. The molecule has 1 rings (SSSR count). The first-order valence-corrected chi connectivity index (χ1v) is 5.90. The van der Waals surface area contributed by atoms with Gasteiger partial charge in [-0.15, -0.1) is 0 Å². The molecular weight excluding hydrogens is 206 g/mol. The number of nitrogens with one attached hydrogen (secondary N) is 2. The maximum absolute atomic E-state index is 11.8. The summed E-state index contributed by atoms with van der Waals surface area (Å²) in [5.41, 5.74) is 0. The number of rotatable bonds is 5. The smallest absolute Gasteiger partial charge is 0.239 e. The lowest BCUT2D eigenvalue weighted by molar-refractivity contribution is -0.136. The zero-order valence-electron chi connectivity index (χ0n) is 10.1. The van der Waals surface area contributed by atoms with Gasteiger partial charge in [0, 0.05) is 13.6 Å². The van der Waals surface area contributed by atoms with Crippen LogP contribution in [0.3, 0.4) is 0 Å². The van der Waals surface area contributed by atoms with Crippen LogP contribution in [-0.2, 0) is 9.59 Å². The number of amides is 2. The van der Waals surface area contributed by atoms with E-state index in [1.54, 1.807) is 7.05 Å². The maximum atomic E-state index is 11.8. The highest BCUT2D eigenvalue weighted by atomic mass is 16.2. The normalized spacial score (nSPS) is 19.5. The van der Waals surface area contributed by atoms with Gasteiger partial charge in [0.15, 0.2) is 0 Å². The highest BCUT2D eigenvalue weighted by Gasteiger charge is 2.25. The molecule has 1 fully saturated rings. The molecule has 16 heavy (non-hydrogen) atoms. The van der Waals surface area contributed by atoms with Crippen molar-refractivity contribution in [2.75, 3.05) is 26.7 Å². The lowest BCUT2D eigenvalue weighted by atomic mass is 10.2. The third kappa shape index (κ3) is 3.81. The quantitative estimate of drug-likeness (QED) is 0.679. The van der Waals surface area contributed by atoms with Gasteiger partial charge in [0.25, 0.3) is 0 Å². The Labute approximate surface area is 96.6 Å². The summed E-state index contributed by atoms with van der Waals surface area (Å²) in [6.45, 7) is 3.71. The van der Waals surface area contributed by atoms with Gasteiger partial charge >= 0.3 is 0 Å². The van der Waals surface area contributed by atoms with Gasteiger partial charge < -0.3 is 15.5 Å². The predicted octanol–water partition coefficient (Wildman–Crippen LogP) is -0.277. The standard InChI is InChI=1S/C11H21N3O2/c1-3-6-13-10(15)8-14(2)11(16)9-5-4-7-12-9/h9,12H,3-8H2,1-2H3,(H,13,15). The molecule has 1 aliphatic heterocycles. The number of hydrogen-bond acceptors (Lipinski definition) is 3. The first kappa shape index (κ1) is 13.0. The summed E-state index contributed by atoms with van der Waals surface area (Å²) in [6.07, 6.45) is 2.82. The lowest BCUT2D eigenvalue weighted by Gasteiger charge is -2.20. The van der Waals surface area contributed by atoms with Gasteiger partial charge in [0.2, 0.25) is 11.8 Å². The molecule has 2 amide bonds. The van der Waals surface area contributed by atoms with E-state index in [-0.39, 0.29) is 24.4 Å². The van der Waals surface area contributed by atoms with Crippen molar-refractivity contribution >= 4 is 11.8 Å². The highest BCUT2D eigenvalue weighted by Crippen LogP contribution is 2.07. The van der Waals surface area contributed by atoms with Gasteiger partial charge in [-0.05, 0) is 25.8 Å². The summed E-state index contributed by atoms with van der Waals surface area (Å²) in [5, 5.41) is 5.89. The van der Waals surface area contributed by atoms with Gasteiger partial charge in [-0.25, -0.2) is 0 Å². The number of likely N-dealkylation sites (N-methyl/N-ethyl adjacent to an activating group) is 1. The number of hydrogen-bond donors (Lipinski definition) is 2. The molecule has 5 heteroatoms. The molecule has 2 N–H and O–H groups in total. The Morgan fingerprint density at radius 3 is 2.81 bits per heavy atom. The molecule has 1 aliphatic rings. The van der Waals surface area contributed by atoms with Gasteiger partial charge in [-0.3, -0.25) is 9.59 Å². The van der Waals surface area contributed by atoms with Crippen molar-refractivity contribution in [3.05, 3.63) is 0 Å². The van der Waals surface area contributed by atoms with Crippen LogP contribution in [-0.4, -0.2) is 49.4 Å². The second-order valence-corrected chi connectivity index (χ2v) is 4.19. The SMILES string of the molecule is CCCNC(=O)CN(C)C(=O)C1CCCN1. The fraction of sp³-hybridized carbons (Fsp3) is 0.818. The van der Waals surface area contributed by atoms with Crippen LogP contribution in [0.25, 0.3) is 0 Å². The molecule has 0 saturated carbocycles. The zero-order valence-corrected chi connectivity index (χ0v) is 10.1. The minimum absolute atomic E-state index is 0.0177. The van der Waals surface area contributed by atoms with Crippen molar-refractivity contribution in [1.82, 2.24) is 15.5 Å². The molecule has 0 spiro atoms. The summed E-state index contributed by atoms with van der Waals surface area (Å²) in [5.74, 6) is -0.0696. The van der Waals surface area contributed by atoms with E-state index < -0.39 is 0 Å². The summed E-state index contributed by atoms with van der Waals surface area (Å²) in [4.78, 5) is 24.7. The van der Waals surface area contributed by atoms with Crippen molar-refractivity contribution in [2.45, 2.75) is 32.2 Å². The van der Waals surface area contributed by atoms with Crippen LogP contribution >= 0.6 is 0 Å². The Balaban J connectivity index is 2.30. The van der Waals surface area contributed by atoms with E-state index in [1.807, 2.05) is 6.92 Å². The number of carbonyl (C=O) groups is 2. The number of nitrogens with zero attached hydrogens (tertiary/aromatic N) is 1. The van der Waals surface area contributed by atoms with Gasteiger partial charge in [-0.1, -0.05) is 6.92 Å². The minimum atomic E-state index is -0.0935. The molecule has 0 aromatic heterocycles. The molecule has 0 aromatic carbocycles. The van der Waals surface area contributed by atoms with Crippen molar-refractivity contribution in [1.29, 1.82) is 0 Å². The number of carbonyl (C=O) groups excluding carboxylic acids is 2. The summed E-state index contributed by atoms with van der Waals surface area (Å²) in [7, 11) is 1.67. The van der Waals surface area contributed by atoms with Crippen LogP contribution in [0, 0.1) is 0 Å². The Bertz CT molecular complexity index is 250. The molecule has 0 radical (unpaired) electrons. The summed E-state index contributed by atoms with van der Waals surface area (Å²) < 4.78 is 0. The van der Waals surface area contributed by atoms with Crippen LogP contribution in [0.15, 0.2) is 0 Å². The molecule has 0 aromatic rings. The van der Waals surface area contributed by atoms with Crippen molar-refractivity contribution in [2.24, 2.45) is 0 Å². The van der Waals surface area contributed by atoms with E-state index in [0.29, 0.717) is 6.54 Å². The van der Waals surface area contributed by atoms with E-state index in [1.165, 1.54) is 4.90 Å². The van der Waals surface area contributed by atoms with Crippen molar-refractivity contribution in [3.8, 4) is 0 Å². The second kappa shape index (κ2) is 6.48. The van der Waals surface area contributed by atoms with Crippen LogP contribution in [0.1, 0.15) is 26.2 Å². The Morgan fingerprint density at radius 2 is 2.25 bits per heavy atom. The van der Waals surface area contributed by atoms with Crippen molar-refractivity contribution in [3.63, 3.8) is 0 Å². The molecule has 0 bridgehead atoms. The summed E-state index contributed by atoms with van der Waals surface area (Å²) in [6, 6.07) is -0.0935. The molecule has 0 aliphatic carbocycles. The van der Waals surface area contributed by atoms with Gasteiger partial charge in [0.05, 0.1) is 12.6 Å². The molecule has 92 valence electrons. The average Bonchev–Trinajstić information content (AvgIpc) is 2.78. The highest BCUT2D eigenvalue weighted by molar-refractivity contribution is 5.87. The predicted molar refractivity (Wildman–Crippen MR) is 62.0 cm³/mol. The molecule has 1 heterocycles. The topological polar surface area (TPSA) is 61.4 Å². The van der Waals surface area contributed by atoms with E-state index in [2.05, 4.69) is 10.6 Å². The first-order chi connectivity index (χ1) is 7.65. The maximum Gasteiger partial charge on any atom is 0.239 e. The first-order valence-electron chi connectivity index (χ1n) is 5.90. The Morgan fingerprint density at radius 1 is 1.50 bits per heavy atom. The zero-order chi connectivity index (χ0) is 12.0. The van der Waals surface area contributed by atoms with E-state index in [4.69, 9.17) is 0 Å². The monoisotopic (exact) mass is 227 g/mol. The van der Waals surface area contributed by atoms with Crippen molar-refractivity contribution < 1.29 is 9.59 Å². The van der Waals surface area contributed by atoms with E-state index in [9.17, 15) is 9.59 Å². The van der Waals surface area contributed by atoms with Crippen LogP contribution in [0.4, 0.5) is 0 Å². The van der Waals surface area contributed by atoms with Crippen LogP contribution in [0.5, 0.6) is 0 Å². The Kier molecular flexibility index (Phi) is 5.25. The van der Waals surface area contributed by atoms with Gasteiger partial charge in [-0.2, -0.15) is 0 Å². The van der Waals surface area contributed by atoms with E-state index in [0.717, 1.165) is 25.8 Å². The lowest BCUT2D eigenvalue weighted by Crippen LogP contribution is -2.45. The largest absolute Gasteiger partial charge is 0.355 e. The molecule has 1 atom stereocenters. The fourth-order valence-corrected chi connectivity index (χ4v) is 1.78. The second-order valence-electron chi connectivity index (χ2n) is 4.19. The van der Waals surface area contributed by atoms with Gasteiger partial charge in [0.1, 0.15) is 0 Å². The Hall–Kier alpha value is -1.10. The van der Waals surface area contributed by atoms with E-state index >= 15 is 0 Å². The van der Waals surface area contributed by atoms with Crippen LogP contribution in [0.2, 0.25) is 0 Å². The average molecular weight is 227 g/mol. The third-order valence-electron chi connectivity index (χ3n) is 2.69. The minimum Gasteiger partial charge on any atom is -0.355 e. The third-order valence-corrected chi connectivity index (χ3v) is 2.69. The molecule has 5 nitrogen and oxygen atoms in total. The summed E-state index contributed by atoms with van der Waals surface area (Å²) >= 11 is 0. The fourth-order valence-electron chi connectivity index (χ4n) is 1.78.